The molecule has 3 heteroatoms. The van der Waals surface area contributed by atoms with Gasteiger partial charge in [0.15, 0.2) is 0 Å². The lowest BCUT2D eigenvalue weighted by Gasteiger charge is -2.28. The van der Waals surface area contributed by atoms with Crippen LogP contribution in [0.3, 0.4) is 0 Å². The van der Waals surface area contributed by atoms with Crippen LogP contribution in [0.4, 0.5) is 0 Å². The van der Waals surface area contributed by atoms with Gasteiger partial charge in [-0.1, -0.05) is 47.6 Å². The molecule has 1 aromatic carbocycles. The van der Waals surface area contributed by atoms with Gasteiger partial charge in [0, 0.05) is 9.37 Å². The minimum Gasteiger partial charge on any atom is -0.128 e. The fraction of sp³-hybridized carbons (Fsp3) is 0.600. The molecule has 0 radical (unpaired) electrons. The third-order valence-electron chi connectivity index (χ3n) is 2.92. The van der Waals surface area contributed by atoms with E-state index in [0.717, 1.165) is 0 Å². The van der Waals surface area contributed by atoms with E-state index in [-0.39, 0.29) is 33.9 Å². The van der Waals surface area contributed by atoms with Crippen LogP contribution in [0.2, 0.25) is 0 Å². The van der Waals surface area contributed by atoms with Gasteiger partial charge in [0.1, 0.15) is 0 Å². The molecule has 0 saturated carbocycles. The van der Waals surface area contributed by atoms with E-state index in [1.54, 1.807) is 0 Å². The second-order valence-corrected chi connectivity index (χ2v) is 8.21. The first kappa shape index (κ1) is 18.8. The first-order valence-corrected chi connectivity index (χ1v) is 7.97. The van der Waals surface area contributed by atoms with Gasteiger partial charge in [0.05, 0.1) is 0 Å². The van der Waals surface area contributed by atoms with Crippen LogP contribution in [0.1, 0.15) is 52.7 Å². The van der Waals surface area contributed by atoms with Crippen LogP contribution >= 0.6 is 27.7 Å². The van der Waals surface area contributed by atoms with Crippen molar-refractivity contribution in [2.24, 2.45) is 0 Å². The summed E-state index contributed by atoms with van der Waals surface area (Å²) in [5.74, 6) is 0. The summed E-state index contributed by atoms with van der Waals surface area (Å²) < 4.78 is 1.22. The van der Waals surface area contributed by atoms with Crippen LogP contribution < -0.4 is 0 Å². The molecule has 0 amide bonds. The fourth-order valence-electron chi connectivity index (χ4n) is 1.79. The van der Waals surface area contributed by atoms with Gasteiger partial charge in [0.2, 0.25) is 0 Å². The van der Waals surface area contributed by atoms with E-state index in [1.165, 1.54) is 20.5 Å². The van der Waals surface area contributed by atoms with Crippen molar-refractivity contribution in [3.05, 3.63) is 27.7 Å². The lowest BCUT2D eigenvalue weighted by atomic mass is 9.81. The standard InChI is InChI=1S/C15H23BrS.Mg.2H/c1-14(2,3)10-8-11(15(4,5)6)13(17-7)12(16)9-10;;;/h8-9H,1-7H3;;;. The molecule has 0 unspecified atom stereocenters. The summed E-state index contributed by atoms with van der Waals surface area (Å²) in [6.45, 7) is 13.6. The van der Waals surface area contributed by atoms with Crippen molar-refractivity contribution in [3.8, 4) is 0 Å². The predicted octanol–water partition coefficient (Wildman–Crippen LogP) is 4.85. The molecular weight excluding hydrogens is 316 g/mol. The van der Waals surface area contributed by atoms with Crippen LogP contribution in [-0.2, 0) is 10.8 Å². The fourth-order valence-corrected chi connectivity index (χ4v) is 3.58. The molecule has 1 rings (SSSR count). The van der Waals surface area contributed by atoms with Crippen molar-refractivity contribution in [2.45, 2.75) is 57.3 Å². The van der Waals surface area contributed by atoms with E-state index >= 15 is 0 Å². The molecule has 18 heavy (non-hydrogen) atoms. The zero-order valence-corrected chi connectivity index (χ0v) is 14.3. The lowest BCUT2D eigenvalue weighted by Crippen LogP contribution is -2.17. The van der Waals surface area contributed by atoms with Crippen molar-refractivity contribution < 1.29 is 0 Å². The highest BCUT2D eigenvalue weighted by Crippen LogP contribution is 2.40. The molecule has 0 bridgehead atoms. The largest absolute Gasteiger partial charge is 0.316 e. The van der Waals surface area contributed by atoms with Crippen LogP contribution in [-0.4, -0.2) is 29.3 Å². The Bertz CT molecular complexity index is 414. The Labute approximate surface area is 141 Å². The van der Waals surface area contributed by atoms with Gasteiger partial charge in [-0.2, -0.15) is 0 Å². The van der Waals surface area contributed by atoms with Gasteiger partial charge in [-0.15, -0.1) is 11.8 Å². The second-order valence-electron chi connectivity index (χ2n) is 6.54. The monoisotopic (exact) mass is 340 g/mol. The minimum atomic E-state index is 0. The highest BCUT2D eigenvalue weighted by Gasteiger charge is 2.23. The molecule has 0 aromatic heterocycles. The Morgan fingerprint density at radius 2 is 1.44 bits per heavy atom. The van der Waals surface area contributed by atoms with Crippen LogP contribution in [0.5, 0.6) is 0 Å². The maximum absolute atomic E-state index is 3.72. The molecule has 0 aliphatic heterocycles. The maximum Gasteiger partial charge on any atom is 0.316 e. The molecule has 0 aliphatic rings. The van der Waals surface area contributed by atoms with Gasteiger partial charge >= 0.3 is 23.1 Å². The summed E-state index contributed by atoms with van der Waals surface area (Å²) in [6.07, 6.45) is 2.14. The number of benzene rings is 1. The Balaban J connectivity index is 0.00000289. The van der Waals surface area contributed by atoms with Gasteiger partial charge in [-0.3, -0.25) is 0 Å². The normalized spacial score (nSPS) is 12.2. The lowest BCUT2D eigenvalue weighted by molar-refractivity contribution is 0.558. The topological polar surface area (TPSA) is 0 Å². The SMILES string of the molecule is CSc1c(Br)cc(C(C)(C)C)cc1C(C)(C)C.[MgH2]. The molecule has 0 nitrogen and oxygen atoms in total. The van der Waals surface area contributed by atoms with Crippen LogP contribution in [0.25, 0.3) is 0 Å². The molecule has 1 aromatic rings. The first-order chi connectivity index (χ1) is 7.57. The number of rotatable bonds is 1. The van der Waals surface area contributed by atoms with E-state index in [9.17, 15) is 0 Å². The number of hydrogen-bond donors (Lipinski definition) is 0. The first-order valence-electron chi connectivity index (χ1n) is 5.96. The third kappa shape index (κ3) is 4.43. The van der Waals surface area contributed by atoms with Crippen LogP contribution in [0, 0.1) is 0 Å². The minimum absolute atomic E-state index is 0. The molecule has 0 fully saturated rings. The van der Waals surface area contributed by atoms with E-state index in [0.29, 0.717) is 0 Å². The van der Waals surface area contributed by atoms with E-state index in [4.69, 9.17) is 0 Å². The maximum atomic E-state index is 3.72. The number of halogens is 1. The Morgan fingerprint density at radius 3 is 1.78 bits per heavy atom. The molecule has 0 N–H and O–H groups in total. The molecule has 0 spiro atoms. The smallest absolute Gasteiger partial charge is 0.128 e. The average molecular weight is 342 g/mol. The molecular formula is C15H25BrMgS. The van der Waals surface area contributed by atoms with E-state index < -0.39 is 0 Å². The highest BCUT2D eigenvalue weighted by atomic mass is 79.9. The van der Waals surface area contributed by atoms with E-state index in [1.807, 2.05) is 11.8 Å². The number of hydrogen-bond acceptors (Lipinski definition) is 1. The molecule has 100 valence electrons. The zero-order chi connectivity index (χ0) is 13.4. The summed E-state index contributed by atoms with van der Waals surface area (Å²) in [7, 11) is 0. The summed E-state index contributed by atoms with van der Waals surface area (Å²) in [5, 5.41) is 0. The van der Waals surface area contributed by atoms with Crippen molar-refractivity contribution in [2.75, 3.05) is 6.26 Å². The second kappa shape index (κ2) is 6.51. The van der Waals surface area contributed by atoms with Gasteiger partial charge < -0.3 is 0 Å². The average Bonchev–Trinajstić information content (AvgIpc) is 2.13. The zero-order valence-electron chi connectivity index (χ0n) is 11.9. The van der Waals surface area contributed by atoms with Crippen molar-refractivity contribution in [1.29, 1.82) is 0 Å². The van der Waals surface area contributed by atoms with Gasteiger partial charge in [-0.05, 0) is 50.2 Å². The van der Waals surface area contributed by atoms with E-state index in [2.05, 4.69) is 75.9 Å². The summed E-state index contributed by atoms with van der Waals surface area (Å²) >= 11 is 5.54. The van der Waals surface area contributed by atoms with Crippen LogP contribution in [0.15, 0.2) is 21.5 Å². The van der Waals surface area contributed by atoms with Crippen molar-refractivity contribution >= 4 is 50.7 Å². The molecule has 0 saturated heterocycles. The van der Waals surface area contributed by atoms with Crippen molar-refractivity contribution in [1.82, 2.24) is 0 Å². The highest BCUT2D eigenvalue weighted by molar-refractivity contribution is 9.10. The summed E-state index contributed by atoms with van der Waals surface area (Å²) in [4.78, 5) is 1.37. The third-order valence-corrected chi connectivity index (χ3v) is 4.66. The van der Waals surface area contributed by atoms with Gasteiger partial charge in [0.25, 0.3) is 0 Å². The quantitative estimate of drug-likeness (QED) is 0.520. The molecule has 0 heterocycles. The summed E-state index contributed by atoms with van der Waals surface area (Å²) in [5.41, 5.74) is 3.21. The van der Waals surface area contributed by atoms with Crippen molar-refractivity contribution in [3.63, 3.8) is 0 Å². The molecule has 0 aliphatic carbocycles. The summed E-state index contributed by atoms with van der Waals surface area (Å²) in [6, 6.07) is 4.64. The Hall–Kier alpha value is 0.816. The number of thioether (sulfide) groups is 1. The Kier molecular flexibility index (Phi) is 6.81. The predicted molar refractivity (Wildman–Crippen MR) is 91.9 cm³/mol. The van der Waals surface area contributed by atoms with Gasteiger partial charge in [-0.25, -0.2) is 0 Å². The Morgan fingerprint density at radius 1 is 0.944 bits per heavy atom. The molecule has 0 atom stereocenters.